The van der Waals surface area contributed by atoms with Crippen molar-refractivity contribution in [3.05, 3.63) is 30.3 Å². The number of benzene rings is 1. The van der Waals surface area contributed by atoms with Gasteiger partial charge in [0.15, 0.2) is 0 Å². The SMILES string of the molecule is CC(C)(O)C#COc1ccccc1. The maximum Gasteiger partial charge on any atom is 0.140 e. The number of hydrogen-bond donors (Lipinski definition) is 1. The lowest BCUT2D eigenvalue weighted by Gasteiger charge is -2.05. The monoisotopic (exact) mass is 176 g/mol. The number of ether oxygens (including phenoxy) is 1. The maximum absolute atomic E-state index is 9.24. The third-order valence-corrected chi connectivity index (χ3v) is 1.27. The standard InChI is InChI=1S/C11H12O2/c1-11(2,12)8-9-13-10-6-4-3-5-7-10/h3-7,12H,1-2H3. The molecule has 0 saturated heterocycles. The average Bonchev–Trinajstić information content (AvgIpc) is 2.04. The molecule has 1 aromatic carbocycles. The van der Waals surface area contributed by atoms with E-state index in [0.717, 1.165) is 0 Å². The number of rotatable bonds is 1. The van der Waals surface area contributed by atoms with Crippen molar-refractivity contribution in [2.75, 3.05) is 0 Å². The molecule has 0 amide bonds. The van der Waals surface area contributed by atoms with Crippen LogP contribution in [0.5, 0.6) is 5.75 Å². The van der Waals surface area contributed by atoms with Gasteiger partial charge in [0.2, 0.25) is 0 Å². The molecule has 0 radical (unpaired) electrons. The molecule has 13 heavy (non-hydrogen) atoms. The van der Waals surface area contributed by atoms with Crippen LogP contribution in [-0.2, 0) is 0 Å². The summed E-state index contributed by atoms with van der Waals surface area (Å²) in [6, 6.07) is 9.23. The Bertz CT molecular complexity index is 311. The Labute approximate surface area is 78.2 Å². The summed E-state index contributed by atoms with van der Waals surface area (Å²) in [4.78, 5) is 0. The van der Waals surface area contributed by atoms with Crippen LogP contribution in [0.2, 0.25) is 0 Å². The first-order chi connectivity index (χ1) is 6.08. The van der Waals surface area contributed by atoms with Gasteiger partial charge in [0.05, 0.1) is 0 Å². The zero-order valence-corrected chi connectivity index (χ0v) is 7.74. The zero-order chi connectivity index (χ0) is 9.73. The summed E-state index contributed by atoms with van der Waals surface area (Å²) >= 11 is 0. The van der Waals surface area contributed by atoms with E-state index >= 15 is 0 Å². The van der Waals surface area contributed by atoms with Crippen molar-refractivity contribution in [1.29, 1.82) is 0 Å². The minimum absolute atomic E-state index is 0.680. The van der Waals surface area contributed by atoms with Gasteiger partial charge in [-0.15, -0.1) is 0 Å². The van der Waals surface area contributed by atoms with Crippen molar-refractivity contribution in [1.82, 2.24) is 0 Å². The first-order valence-corrected chi connectivity index (χ1v) is 4.04. The minimum Gasteiger partial charge on any atom is -0.407 e. The molecule has 1 N–H and O–H groups in total. The van der Waals surface area contributed by atoms with E-state index in [1.54, 1.807) is 26.0 Å². The predicted molar refractivity (Wildman–Crippen MR) is 51.1 cm³/mol. The maximum atomic E-state index is 9.24. The topological polar surface area (TPSA) is 29.5 Å². The van der Waals surface area contributed by atoms with Crippen molar-refractivity contribution < 1.29 is 9.84 Å². The molecule has 0 fully saturated rings. The van der Waals surface area contributed by atoms with Crippen molar-refractivity contribution in [2.24, 2.45) is 0 Å². The van der Waals surface area contributed by atoms with E-state index in [-0.39, 0.29) is 0 Å². The molecular weight excluding hydrogens is 164 g/mol. The van der Waals surface area contributed by atoms with Crippen LogP contribution in [0.3, 0.4) is 0 Å². The third kappa shape index (κ3) is 4.19. The largest absolute Gasteiger partial charge is 0.407 e. The Kier molecular flexibility index (Phi) is 2.94. The van der Waals surface area contributed by atoms with E-state index in [1.165, 1.54) is 0 Å². The summed E-state index contributed by atoms with van der Waals surface area (Å²) in [6.45, 7) is 3.21. The van der Waals surface area contributed by atoms with Crippen molar-refractivity contribution in [2.45, 2.75) is 19.4 Å². The lowest BCUT2D eigenvalue weighted by Crippen LogP contribution is -2.14. The van der Waals surface area contributed by atoms with Gasteiger partial charge in [-0.3, -0.25) is 0 Å². The highest BCUT2D eigenvalue weighted by Crippen LogP contribution is 2.07. The van der Waals surface area contributed by atoms with Gasteiger partial charge in [0.25, 0.3) is 0 Å². The molecule has 1 aromatic rings. The molecule has 0 aliphatic carbocycles. The molecule has 0 aliphatic heterocycles. The van der Waals surface area contributed by atoms with Gasteiger partial charge >= 0.3 is 0 Å². The molecule has 0 bridgehead atoms. The number of hydrogen-bond acceptors (Lipinski definition) is 2. The molecule has 0 heterocycles. The molecular formula is C11H12O2. The molecule has 68 valence electrons. The fraction of sp³-hybridized carbons (Fsp3) is 0.273. The highest BCUT2D eigenvalue weighted by Gasteiger charge is 2.05. The highest BCUT2D eigenvalue weighted by molar-refractivity contribution is 5.23. The lowest BCUT2D eigenvalue weighted by molar-refractivity contribution is 0.143. The van der Waals surface area contributed by atoms with Gasteiger partial charge in [-0.25, -0.2) is 0 Å². The molecule has 2 nitrogen and oxygen atoms in total. The van der Waals surface area contributed by atoms with Crippen LogP contribution < -0.4 is 4.74 Å². The summed E-state index contributed by atoms with van der Waals surface area (Å²) in [7, 11) is 0. The second-order valence-corrected chi connectivity index (χ2v) is 3.20. The van der Waals surface area contributed by atoms with Crippen molar-refractivity contribution >= 4 is 0 Å². The predicted octanol–water partition coefficient (Wildman–Crippen LogP) is 1.80. The first-order valence-electron chi connectivity index (χ1n) is 4.04. The fourth-order valence-electron chi connectivity index (χ4n) is 0.698. The van der Waals surface area contributed by atoms with E-state index in [9.17, 15) is 5.11 Å². The van der Waals surface area contributed by atoms with E-state index in [4.69, 9.17) is 4.74 Å². The molecule has 0 saturated carbocycles. The number of aliphatic hydroxyl groups is 1. The van der Waals surface area contributed by atoms with E-state index in [1.807, 2.05) is 18.2 Å². The van der Waals surface area contributed by atoms with Gasteiger partial charge in [0, 0.05) is 0 Å². The molecule has 1 rings (SSSR count). The van der Waals surface area contributed by atoms with Crippen LogP contribution in [0.4, 0.5) is 0 Å². The summed E-state index contributed by atoms with van der Waals surface area (Å²) in [6.07, 6.45) is 2.44. The highest BCUT2D eigenvalue weighted by atomic mass is 16.5. The van der Waals surface area contributed by atoms with Crippen LogP contribution in [0.1, 0.15) is 13.8 Å². The molecule has 0 aromatic heterocycles. The van der Waals surface area contributed by atoms with E-state index < -0.39 is 5.60 Å². The smallest absolute Gasteiger partial charge is 0.140 e. The van der Waals surface area contributed by atoms with E-state index in [2.05, 4.69) is 12.0 Å². The zero-order valence-electron chi connectivity index (χ0n) is 7.74. The van der Waals surface area contributed by atoms with Crippen molar-refractivity contribution in [3.8, 4) is 17.8 Å². The van der Waals surface area contributed by atoms with E-state index in [0.29, 0.717) is 5.75 Å². The van der Waals surface area contributed by atoms with Crippen LogP contribution in [0.25, 0.3) is 0 Å². The molecule has 0 atom stereocenters. The van der Waals surface area contributed by atoms with Gasteiger partial charge < -0.3 is 9.84 Å². The Hall–Kier alpha value is -1.46. The Balaban J connectivity index is 2.56. The minimum atomic E-state index is -1.01. The average molecular weight is 176 g/mol. The first kappa shape index (κ1) is 9.63. The fourth-order valence-corrected chi connectivity index (χ4v) is 0.698. The summed E-state index contributed by atoms with van der Waals surface area (Å²) in [5.41, 5.74) is -1.01. The Morgan fingerprint density at radius 1 is 1.23 bits per heavy atom. The van der Waals surface area contributed by atoms with Crippen molar-refractivity contribution in [3.63, 3.8) is 0 Å². The van der Waals surface area contributed by atoms with Crippen LogP contribution >= 0.6 is 0 Å². The Morgan fingerprint density at radius 3 is 2.38 bits per heavy atom. The van der Waals surface area contributed by atoms with Gasteiger partial charge in [-0.1, -0.05) is 18.2 Å². The third-order valence-electron chi connectivity index (χ3n) is 1.27. The molecule has 0 unspecified atom stereocenters. The summed E-state index contributed by atoms with van der Waals surface area (Å²) in [5, 5.41) is 9.24. The normalized spacial score (nSPS) is 10.1. The van der Waals surface area contributed by atoms with Crippen LogP contribution in [0, 0.1) is 12.0 Å². The summed E-state index contributed by atoms with van der Waals surface area (Å²) in [5.74, 6) is 3.23. The van der Waals surface area contributed by atoms with Crippen LogP contribution in [0.15, 0.2) is 30.3 Å². The quantitative estimate of drug-likeness (QED) is 0.661. The van der Waals surface area contributed by atoms with Crippen LogP contribution in [-0.4, -0.2) is 10.7 Å². The van der Waals surface area contributed by atoms with Gasteiger partial charge in [0.1, 0.15) is 17.5 Å². The number of para-hydroxylation sites is 1. The summed E-state index contributed by atoms with van der Waals surface area (Å²) < 4.78 is 5.06. The van der Waals surface area contributed by atoms with Gasteiger partial charge in [-0.05, 0) is 31.9 Å². The molecule has 0 aliphatic rings. The Morgan fingerprint density at radius 2 is 1.85 bits per heavy atom. The second-order valence-electron chi connectivity index (χ2n) is 3.20. The molecule has 0 spiro atoms. The lowest BCUT2D eigenvalue weighted by atomic mass is 10.2. The second kappa shape index (κ2) is 3.97. The van der Waals surface area contributed by atoms with Gasteiger partial charge in [-0.2, -0.15) is 0 Å². The molecule has 2 heteroatoms.